The average Bonchev–Trinajstić information content (AvgIpc) is 3.05. The first kappa shape index (κ1) is 19.0. The Hall–Kier alpha value is -3.30. The molecule has 0 aliphatic carbocycles. The summed E-state index contributed by atoms with van der Waals surface area (Å²) in [5.74, 6) is -2.78. The largest absolute Gasteiger partial charge is 0.370 e. The molecule has 2 amide bonds. The number of nitrogens with one attached hydrogen (secondary N) is 3. The smallest absolute Gasteiger partial charge is 0.324 e. The van der Waals surface area contributed by atoms with Crippen LogP contribution < -0.4 is 15.5 Å². The molecule has 3 aromatic rings. The molecule has 3 N–H and O–H groups in total. The molecule has 7 nitrogen and oxygen atoms in total. The van der Waals surface area contributed by atoms with Gasteiger partial charge in [-0.25, -0.2) is 27.9 Å². The number of halogens is 3. The first-order valence-corrected chi connectivity index (χ1v) is 9.11. The van der Waals surface area contributed by atoms with Crippen LogP contribution in [0.5, 0.6) is 0 Å². The van der Waals surface area contributed by atoms with Gasteiger partial charge in [-0.05, 0) is 24.6 Å². The van der Waals surface area contributed by atoms with Crippen molar-refractivity contribution in [2.45, 2.75) is 25.7 Å². The van der Waals surface area contributed by atoms with Gasteiger partial charge in [-0.2, -0.15) is 0 Å². The maximum absolute atomic E-state index is 13.4. The van der Waals surface area contributed by atoms with E-state index in [1.165, 1.54) is 12.3 Å². The number of hydrogen-bond donors (Lipinski definition) is 3. The summed E-state index contributed by atoms with van der Waals surface area (Å²) in [6, 6.07) is 2.53. The summed E-state index contributed by atoms with van der Waals surface area (Å²) in [5.41, 5.74) is 2.27. The van der Waals surface area contributed by atoms with Crippen molar-refractivity contribution >= 4 is 34.3 Å². The number of anilines is 3. The van der Waals surface area contributed by atoms with Gasteiger partial charge in [0, 0.05) is 37.5 Å². The highest BCUT2D eigenvalue weighted by atomic mass is 19.3. The predicted octanol–water partition coefficient (Wildman–Crippen LogP) is 4.28. The van der Waals surface area contributed by atoms with Crippen LogP contribution >= 0.6 is 0 Å². The standard InChI is InChI=1S/C19H19F3N6O/c1-11-6-13(28-4-2-19(21,22)3-5-28)9-24-16(11)27-18(29)26-15-10-25-17-14(15)7-12(20)8-23-17/h6-10H,2-5H2,1H3,(H,23,25)(H2,24,26,27,29). The zero-order valence-electron chi connectivity index (χ0n) is 15.6. The van der Waals surface area contributed by atoms with E-state index in [-0.39, 0.29) is 25.9 Å². The molecule has 152 valence electrons. The van der Waals surface area contributed by atoms with Gasteiger partial charge in [0.05, 0.1) is 23.8 Å². The Labute approximate surface area is 164 Å². The summed E-state index contributed by atoms with van der Waals surface area (Å²) in [5, 5.41) is 5.72. The molecule has 29 heavy (non-hydrogen) atoms. The minimum absolute atomic E-state index is 0.186. The second-order valence-electron chi connectivity index (χ2n) is 7.03. The monoisotopic (exact) mass is 404 g/mol. The van der Waals surface area contributed by atoms with Crippen molar-refractivity contribution in [1.29, 1.82) is 0 Å². The number of aromatic amines is 1. The Balaban J connectivity index is 1.44. The van der Waals surface area contributed by atoms with Crippen LogP contribution in [0.1, 0.15) is 18.4 Å². The topological polar surface area (TPSA) is 85.9 Å². The molecule has 1 saturated heterocycles. The highest BCUT2D eigenvalue weighted by Crippen LogP contribution is 2.31. The molecular weight excluding hydrogens is 385 g/mol. The lowest BCUT2D eigenvalue weighted by Gasteiger charge is -2.33. The van der Waals surface area contributed by atoms with E-state index in [1.54, 1.807) is 19.2 Å². The summed E-state index contributed by atoms with van der Waals surface area (Å²) in [6.45, 7) is 2.29. The maximum Gasteiger partial charge on any atom is 0.324 e. The van der Waals surface area contributed by atoms with Crippen molar-refractivity contribution in [3.8, 4) is 0 Å². The highest BCUT2D eigenvalue weighted by molar-refractivity contribution is 6.05. The van der Waals surface area contributed by atoms with E-state index in [0.717, 1.165) is 11.9 Å². The third kappa shape index (κ3) is 4.10. The van der Waals surface area contributed by atoms with Crippen LogP contribution in [-0.4, -0.2) is 40.0 Å². The van der Waals surface area contributed by atoms with Gasteiger partial charge in [0.2, 0.25) is 0 Å². The third-order valence-corrected chi connectivity index (χ3v) is 4.90. The van der Waals surface area contributed by atoms with Crippen molar-refractivity contribution in [3.05, 3.63) is 42.1 Å². The number of aryl methyl sites for hydroxylation is 1. The number of piperidine rings is 1. The van der Waals surface area contributed by atoms with Crippen LogP contribution in [0.2, 0.25) is 0 Å². The SMILES string of the molecule is Cc1cc(N2CCC(F)(F)CC2)cnc1NC(=O)Nc1c[nH]c2ncc(F)cc12. The summed E-state index contributed by atoms with van der Waals surface area (Å²) in [4.78, 5) is 25.2. The van der Waals surface area contributed by atoms with E-state index in [0.29, 0.717) is 28.1 Å². The van der Waals surface area contributed by atoms with Crippen LogP contribution in [0.15, 0.2) is 30.7 Å². The summed E-state index contributed by atoms with van der Waals surface area (Å²) in [6.07, 6.45) is 3.79. The quantitative estimate of drug-likeness (QED) is 0.608. The van der Waals surface area contributed by atoms with Gasteiger partial charge in [-0.15, -0.1) is 0 Å². The molecule has 4 rings (SSSR count). The fourth-order valence-electron chi connectivity index (χ4n) is 3.30. The predicted molar refractivity (Wildman–Crippen MR) is 104 cm³/mol. The van der Waals surface area contributed by atoms with Crippen LogP contribution in [-0.2, 0) is 0 Å². The van der Waals surface area contributed by atoms with E-state index in [2.05, 4.69) is 25.6 Å². The first-order valence-electron chi connectivity index (χ1n) is 9.11. The van der Waals surface area contributed by atoms with Crippen LogP contribution in [0.4, 0.5) is 35.2 Å². The lowest BCUT2D eigenvalue weighted by Crippen LogP contribution is -2.39. The summed E-state index contributed by atoms with van der Waals surface area (Å²) < 4.78 is 40.1. The number of H-pyrrole nitrogens is 1. The number of fused-ring (bicyclic) bond motifs is 1. The van der Waals surface area contributed by atoms with E-state index in [4.69, 9.17) is 0 Å². The Morgan fingerprint density at radius 3 is 2.66 bits per heavy atom. The molecule has 0 aromatic carbocycles. The van der Waals surface area contributed by atoms with Crippen molar-refractivity contribution in [3.63, 3.8) is 0 Å². The normalized spacial score (nSPS) is 16.1. The molecule has 0 unspecified atom stereocenters. The fourth-order valence-corrected chi connectivity index (χ4v) is 3.30. The Kier molecular flexibility index (Phi) is 4.77. The molecule has 0 bridgehead atoms. The minimum Gasteiger partial charge on any atom is -0.370 e. The number of nitrogens with zero attached hydrogens (tertiary/aromatic N) is 3. The van der Waals surface area contributed by atoms with E-state index in [1.807, 2.05) is 4.90 Å². The van der Waals surface area contributed by atoms with Gasteiger partial charge in [-0.3, -0.25) is 5.32 Å². The van der Waals surface area contributed by atoms with Gasteiger partial charge >= 0.3 is 6.03 Å². The second kappa shape index (κ2) is 7.26. The van der Waals surface area contributed by atoms with Gasteiger partial charge in [0.15, 0.2) is 0 Å². The molecule has 0 atom stereocenters. The zero-order chi connectivity index (χ0) is 20.6. The number of aromatic nitrogens is 3. The molecule has 1 aliphatic heterocycles. The lowest BCUT2D eigenvalue weighted by molar-refractivity contribution is -0.0220. The first-order chi connectivity index (χ1) is 13.8. The average molecular weight is 404 g/mol. The van der Waals surface area contributed by atoms with Crippen LogP contribution in [0.25, 0.3) is 11.0 Å². The van der Waals surface area contributed by atoms with E-state index in [9.17, 15) is 18.0 Å². The molecular formula is C19H19F3N6O. The number of hydrogen-bond acceptors (Lipinski definition) is 4. The molecule has 10 heteroatoms. The molecule has 4 heterocycles. The van der Waals surface area contributed by atoms with Crippen molar-refractivity contribution in [2.75, 3.05) is 28.6 Å². The molecule has 0 spiro atoms. The Morgan fingerprint density at radius 2 is 1.93 bits per heavy atom. The Morgan fingerprint density at radius 1 is 1.17 bits per heavy atom. The number of rotatable bonds is 3. The third-order valence-electron chi connectivity index (χ3n) is 4.90. The Bertz CT molecular complexity index is 1060. The number of carbonyl (C=O) groups is 1. The van der Waals surface area contributed by atoms with E-state index >= 15 is 0 Å². The number of amides is 2. The number of urea groups is 1. The minimum atomic E-state index is -2.61. The zero-order valence-corrected chi connectivity index (χ0v) is 15.6. The molecule has 1 fully saturated rings. The second-order valence-corrected chi connectivity index (χ2v) is 7.03. The number of pyridine rings is 2. The van der Waals surface area contributed by atoms with Gasteiger partial charge in [-0.1, -0.05) is 0 Å². The number of alkyl halides is 2. The number of carbonyl (C=O) groups excluding carboxylic acids is 1. The van der Waals surface area contributed by atoms with Gasteiger partial charge < -0.3 is 15.2 Å². The molecule has 3 aromatic heterocycles. The van der Waals surface area contributed by atoms with Crippen molar-refractivity contribution in [2.24, 2.45) is 0 Å². The summed E-state index contributed by atoms with van der Waals surface area (Å²) in [7, 11) is 0. The summed E-state index contributed by atoms with van der Waals surface area (Å²) >= 11 is 0. The lowest BCUT2D eigenvalue weighted by atomic mass is 10.1. The highest BCUT2D eigenvalue weighted by Gasteiger charge is 2.34. The van der Waals surface area contributed by atoms with E-state index < -0.39 is 17.8 Å². The maximum atomic E-state index is 13.4. The van der Waals surface area contributed by atoms with Gasteiger partial charge in [0.1, 0.15) is 17.3 Å². The van der Waals surface area contributed by atoms with Gasteiger partial charge in [0.25, 0.3) is 5.92 Å². The van der Waals surface area contributed by atoms with Crippen LogP contribution in [0.3, 0.4) is 0 Å². The molecule has 0 saturated carbocycles. The van der Waals surface area contributed by atoms with Crippen molar-refractivity contribution in [1.82, 2.24) is 15.0 Å². The molecule has 1 aliphatic rings. The fraction of sp³-hybridized carbons (Fsp3) is 0.316. The van der Waals surface area contributed by atoms with Crippen LogP contribution in [0, 0.1) is 12.7 Å². The molecule has 0 radical (unpaired) electrons. The van der Waals surface area contributed by atoms with Crippen molar-refractivity contribution < 1.29 is 18.0 Å².